The summed E-state index contributed by atoms with van der Waals surface area (Å²) in [5.74, 6) is 2.14. The van der Waals surface area contributed by atoms with Crippen molar-refractivity contribution in [1.29, 1.82) is 0 Å². The minimum absolute atomic E-state index is 0.219. The summed E-state index contributed by atoms with van der Waals surface area (Å²) < 4.78 is 83.5. The Hall–Kier alpha value is -7.73. The lowest BCUT2D eigenvalue weighted by Gasteiger charge is -2.33. The average Bonchev–Trinajstić information content (AvgIpc) is 3.96. The molecule has 63 heavy (non-hydrogen) atoms. The van der Waals surface area contributed by atoms with Gasteiger partial charge in [-0.2, -0.15) is 18.3 Å². The van der Waals surface area contributed by atoms with Gasteiger partial charge in [0.25, 0.3) is 0 Å². The normalized spacial score (nSPS) is 12.9. The van der Waals surface area contributed by atoms with E-state index in [1.54, 1.807) is 34.5 Å². The van der Waals surface area contributed by atoms with Gasteiger partial charge in [-0.15, -0.1) is 0 Å². The van der Waals surface area contributed by atoms with E-state index in [1.165, 1.54) is 16.8 Å². The molecular formula is C51H38F4N4O4. The maximum atomic E-state index is 15.8. The van der Waals surface area contributed by atoms with Gasteiger partial charge in [0, 0.05) is 45.3 Å². The second-order valence-corrected chi connectivity index (χ2v) is 15.1. The number of hydrogen-bond acceptors (Lipinski definition) is 7. The van der Waals surface area contributed by atoms with E-state index in [0.717, 1.165) is 39.9 Å². The summed E-state index contributed by atoms with van der Waals surface area (Å²) in [6, 6.07) is 47.5. The molecule has 0 saturated heterocycles. The molecule has 0 atom stereocenters. The molecule has 0 radical (unpaired) electrons. The van der Waals surface area contributed by atoms with E-state index < -0.39 is 23.2 Å². The molecule has 0 bridgehead atoms. The smallest absolute Gasteiger partial charge is 0.435 e. The van der Waals surface area contributed by atoms with E-state index in [0.29, 0.717) is 56.6 Å². The van der Waals surface area contributed by atoms with Crippen LogP contribution >= 0.6 is 0 Å². The van der Waals surface area contributed by atoms with Crippen LogP contribution in [0.5, 0.6) is 23.0 Å². The Bertz CT molecular complexity index is 2760. The van der Waals surface area contributed by atoms with Crippen molar-refractivity contribution in [3.05, 3.63) is 186 Å². The van der Waals surface area contributed by atoms with Crippen LogP contribution in [0.25, 0.3) is 22.4 Å². The van der Waals surface area contributed by atoms with Gasteiger partial charge < -0.3 is 28.7 Å². The molecule has 314 valence electrons. The zero-order valence-corrected chi connectivity index (χ0v) is 34.4. The number of benzene rings is 7. The summed E-state index contributed by atoms with van der Waals surface area (Å²) in [5.41, 5.74) is 5.86. The van der Waals surface area contributed by atoms with Gasteiger partial charge in [-0.05, 0) is 168 Å². The van der Waals surface area contributed by atoms with E-state index in [-0.39, 0.29) is 5.69 Å². The second kappa shape index (κ2) is 15.0. The standard InChI is InChI=1S/C51H38F4N4O4/c1-60-38-16-6-32(7-17-38)57(33-8-18-39(61-2)19-9-33)36-14-25-42-43-26-15-37(58(34-10-20-40(62-3)21-11-34)35-12-22-41(63-4)23-13-35)29-47(43)50(46(42)28-36)45-27-31(52)5-24-44(45)48-30-49(51(53,54)55)56-59(48)50/h5-30H,1-4H3. The zero-order chi connectivity index (χ0) is 43.6. The quantitative estimate of drug-likeness (QED) is 0.127. The molecule has 0 unspecified atom stereocenters. The fourth-order valence-electron chi connectivity index (χ4n) is 9.01. The van der Waals surface area contributed by atoms with Crippen LogP contribution in [-0.4, -0.2) is 38.2 Å². The Balaban J connectivity index is 1.26. The molecule has 8 nitrogen and oxygen atoms in total. The summed E-state index contributed by atoms with van der Waals surface area (Å²) in [4.78, 5) is 4.09. The van der Waals surface area contributed by atoms with Gasteiger partial charge in [0.2, 0.25) is 0 Å². The van der Waals surface area contributed by atoms with Crippen molar-refractivity contribution in [2.24, 2.45) is 0 Å². The lowest BCUT2D eigenvalue weighted by atomic mass is 9.80. The van der Waals surface area contributed by atoms with Gasteiger partial charge >= 0.3 is 6.18 Å². The van der Waals surface area contributed by atoms with Gasteiger partial charge in [0.05, 0.1) is 34.1 Å². The molecule has 1 aromatic heterocycles. The van der Waals surface area contributed by atoms with Crippen LogP contribution in [0.3, 0.4) is 0 Å². The molecule has 2 aliphatic rings. The molecule has 0 fully saturated rings. The van der Waals surface area contributed by atoms with E-state index in [4.69, 9.17) is 18.9 Å². The highest BCUT2D eigenvalue weighted by atomic mass is 19.4. The van der Waals surface area contributed by atoms with Crippen LogP contribution in [0.4, 0.5) is 51.7 Å². The van der Waals surface area contributed by atoms with Gasteiger partial charge in [0.15, 0.2) is 5.69 Å². The van der Waals surface area contributed by atoms with E-state index >= 15 is 4.39 Å². The highest BCUT2D eigenvalue weighted by molar-refractivity contribution is 5.93. The van der Waals surface area contributed by atoms with E-state index in [9.17, 15) is 13.2 Å². The van der Waals surface area contributed by atoms with Gasteiger partial charge in [-0.1, -0.05) is 12.1 Å². The van der Waals surface area contributed by atoms with Gasteiger partial charge in [-0.25, -0.2) is 9.07 Å². The summed E-state index contributed by atoms with van der Waals surface area (Å²) in [6.07, 6.45) is -4.76. The van der Waals surface area contributed by atoms with Crippen molar-refractivity contribution in [3.8, 4) is 45.4 Å². The lowest BCUT2D eigenvalue weighted by molar-refractivity contribution is -0.141. The fourth-order valence-corrected chi connectivity index (χ4v) is 9.01. The molecule has 12 heteroatoms. The topological polar surface area (TPSA) is 61.2 Å². The molecule has 10 rings (SSSR count). The third kappa shape index (κ3) is 6.31. The second-order valence-electron chi connectivity index (χ2n) is 15.1. The summed E-state index contributed by atoms with van der Waals surface area (Å²) >= 11 is 0. The number of methoxy groups -OCH3 is 4. The maximum absolute atomic E-state index is 15.8. The average molecular weight is 847 g/mol. The van der Waals surface area contributed by atoms with Crippen molar-refractivity contribution in [2.75, 3.05) is 38.2 Å². The van der Waals surface area contributed by atoms with Crippen molar-refractivity contribution in [3.63, 3.8) is 0 Å². The summed E-state index contributed by atoms with van der Waals surface area (Å²) in [5, 5.41) is 4.38. The van der Waals surface area contributed by atoms with Crippen LogP contribution in [0.2, 0.25) is 0 Å². The molecule has 1 aliphatic heterocycles. The number of halogens is 4. The van der Waals surface area contributed by atoms with Crippen molar-refractivity contribution in [1.82, 2.24) is 9.78 Å². The third-order valence-corrected chi connectivity index (χ3v) is 11.9. The summed E-state index contributed by atoms with van der Waals surface area (Å²) in [7, 11) is 6.40. The highest BCUT2D eigenvalue weighted by Crippen LogP contribution is 2.61. The zero-order valence-electron chi connectivity index (χ0n) is 34.4. The predicted molar refractivity (Wildman–Crippen MR) is 235 cm³/mol. The first-order valence-electron chi connectivity index (χ1n) is 20.0. The number of rotatable bonds is 10. The number of nitrogens with zero attached hydrogens (tertiary/aromatic N) is 4. The van der Waals surface area contributed by atoms with Gasteiger partial charge in [0.1, 0.15) is 34.4 Å². The Morgan fingerprint density at radius 1 is 0.444 bits per heavy atom. The molecule has 0 N–H and O–H groups in total. The van der Waals surface area contributed by atoms with Crippen molar-refractivity contribution >= 4 is 34.1 Å². The Morgan fingerprint density at radius 3 is 1.16 bits per heavy atom. The molecule has 0 amide bonds. The molecule has 1 aliphatic carbocycles. The first-order valence-corrected chi connectivity index (χ1v) is 20.0. The van der Waals surface area contributed by atoms with E-state index in [2.05, 4.69) is 5.10 Å². The number of anilines is 6. The fraction of sp³-hybridized carbons (Fsp3) is 0.118. The van der Waals surface area contributed by atoms with Gasteiger partial charge in [-0.3, -0.25) is 0 Å². The van der Waals surface area contributed by atoms with Crippen LogP contribution in [0.15, 0.2) is 158 Å². The third-order valence-electron chi connectivity index (χ3n) is 11.9. The first-order chi connectivity index (χ1) is 30.5. The highest BCUT2D eigenvalue weighted by Gasteiger charge is 2.55. The number of ether oxygens (including phenoxy) is 4. The SMILES string of the molecule is COc1ccc(N(c2ccc(OC)cc2)c2ccc3c(c2)C2(c4cc(N(c5ccc(OC)cc5)c5ccc(OC)cc5)ccc4-3)c3cc(F)ccc3-c3cc(C(F)(F)F)nn32)cc1. The van der Waals surface area contributed by atoms with Crippen molar-refractivity contribution in [2.45, 2.75) is 11.7 Å². The lowest BCUT2D eigenvalue weighted by Crippen LogP contribution is -2.34. The van der Waals surface area contributed by atoms with E-state index in [1.807, 2.05) is 143 Å². The predicted octanol–water partition coefficient (Wildman–Crippen LogP) is 12.8. The molecule has 8 aromatic rings. The molecule has 0 saturated carbocycles. The first kappa shape index (κ1) is 39.4. The number of fused-ring (bicyclic) bond motifs is 10. The number of alkyl halides is 3. The maximum Gasteiger partial charge on any atom is 0.435 e. The Kier molecular flexibility index (Phi) is 9.39. The van der Waals surface area contributed by atoms with Crippen molar-refractivity contribution < 1.29 is 36.5 Å². The van der Waals surface area contributed by atoms with Crippen LogP contribution in [0, 0.1) is 5.82 Å². The Morgan fingerprint density at radius 2 is 0.794 bits per heavy atom. The Labute approximate surface area is 360 Å². The van der Waals surface area contributed by atoms with Crippen LogP contribution < -0.4 is 28.7 Å². The monoisotopic (exact) mass is 846 g/mol. The minimum atomic E-state index is -4.76. The number of hydrogen-bond donors (Lipinski definition) is 0. The van der Waals surface area contributed by atoms with Crippen LogP contribution in [-0.2, 0) is 11.7 Å². The summed E-state index contributed by atoms with van der Waals surface area (Å²) in [6.45, 7) is 0. The van der Waals surface area contributed by atoms with Crippen LogP contribution in [0.1, 0.15) is 22.4 Å². The molecule has 1 spiro atoms. The number of aromatic nitrogens is 2. The largest absolute Gasteiger partial charge is 0.497 e. The molecular weight excluding hydrogens is 809 g/mol. The molecule has 7 aromatic carbocycles. The molecule has 2 heterocycles. The minimum Gasteiger partial charge on any atom is -0.497 e.